The Balaban J connectivity index is 0.00000338. The molecular formula is C18H27IN4OS2. The number of nitrogens with zero attached hydrogens (tertiary/aromatic N) is 1. The van der Waals surface area contributed by atoms with Gasteiger partial charge in [-0.05, 0) is 43.8 Å². The number of hydrogen-bond acceptors (Lipinski definition) is 4. The Hall–Kier alpha value is -1.13. The summed E-state index contributed by atoms with van der Waals surface area (Å²) in [5.74, 6) is 0.794. The number of nitrogens with one attached hydrogen (secondary N) is 3. The van der Waals surface area contributed by atoms with Gasteiger partial charge in [0.05, 0.1) is 4.88 Å². The van der Waals surface area contributed by atoms with Crippen molar-refractivity contribution in [3.05, 3.63) is 44.3 Å². The van der Waals surface area contributed by atoms with Crippen LogP contribution in [-0.2, 0) is 6.42 Å². The third kappa shape index (κ3) is 8.05. The Morgan fingerprint density at radius 1 is 1.23 bits per heavy atom. The van der Waals surface area contributed by atoms with E-state index in [2.05, 4.69) is 46.9 Å². The van der Waals surface area contributed by atoms with Crippen LogP contribution in [0.1, 0.15) is 32.8 Å². The molecule has 0 fully saturated rings. The maximum atomic E-state index is 11.8. The molecule has 0 bridgehead atoms. The van der Waals surface area contributed by atoms with Crippen LogP contribution in [-0.4, -0.2) is 38.0 Å². The number of guanidine groups is 1. The average molecular weight is 506 g/mol. The first-order valence-corrected chi connectivity index (χ1v) is 10.1. The van der Waals surface area contributed by atoms with Crippen molar-refractivity contribution in [2.75, 3.05) is 20.1 Å². The van der Waals surface area contributed by atoms with E-state index < -0.39 is 0 Å². The topological polar surface area (TPSA) is 65.5 Å². The van der Waals surface area contributed by atoms with Crippen LogP contribution >= 0.6 is 46.7 Å². The Morgan fingerprint density at radius 3 is 2.62 bits per heavy atom. The molecule has 8 heteroatoms. The summed E-state index contributed by atoms with van der Waals surface area (Å²) in [6.07, 6.45) is 1.83. The number of halogens is 1. The molecule has 0 aromatic carbocycles. The molecule has 3 N–H and O–H groups in total. The minimum absolute atomic E-state index is 0. The predicted molar refractivity (Wildman–Crippen MR) is 123 cm³/mol. The third-order valence-corrected chi connectivity index (χ3v) is 5.48. The fourth-order valence-corrected chi connectivity index (χ4v) is 4.03. The number of aryl methyl sites for hydroxylation is 1. The van der Waals surface area contributed by atoms with Crippen molar-refractivity contribution in [1.29, 1.82) is 0 Å². The predicted octanol–water partition coefficient (Wildman–Crippen LogP) is 3.65. The van der Waals surface area contributed by atoms with Crippen molar-refractivity contribution in [1.82, 2.24) is 16.0 Å². The van der Waals surface area contributed by atoms with E-state index in [-0.39, 0.29) is 29.9 Å². The van der Waals surface area contributed by atoms with Gasteiger partial charge >= 0.3 is 0 Å². The molecular weight excluding hydrogens is 479 g/mol. The maximum Gasteiger partial charge on any atom is 0.261 e. The molecule has 2 rings (SSSR count). The molecule has 0 radical (unpaired) electrons. The van der Waals surface area contributed by atoms with Gasteiger partial charge in [-0.25, -0.2) is 0 Å². The molecule has 2 aromatic heterocycles. The lowest BCUT2D eigenvalue weighted by molar-refractivity contribution is 0.0957. The molecule has 5 nitrogen and oxygen atoms in total. The summed E-state index contributed by atoms with van der Waals surface area (Å²) in [5.41, 5.74) is 0. The minimum atomic E-state index is -0.00243. The molecule has 144 valence electrons. The largest absolute Gasteiger partial charge is 0.356 e. The van der Waals surface area contributed by atoms with Gasteiger partial charge in [0.25, 0.3) is 5.91 Å². The summed E-state index contributed by atoms with van der Waals surface area (Å²) in [6.45, 7) is 5.69. The van der Waals surface area contributed by atoms with Crippen molar-refractivity contribution >= 4 is 58.5 Å². The van der Waals surface area contributed by atoms with E-state index in [1.807, 2.05) is 28.8 Å². The van der Waals surface area contributed by atoms with E-state index in [1.54, 1.807) is 7.05 Å². The molecule has 1 atom stereocenters. The molecule has 0 saturated heterocycles. The second kappa shape index (κ2) is 12.3. The third-order valence-electron chi connectivity index (χ3n) is 3.59. The lowest BCUT2D eigenvalue weighted by Gasteiger charge is -2.17. The maximum absolute atomic E-state index is 11.8. The zero-order valence-corrected chi connectivity index (χ0v) is 19.3. The molecule has 1 unspecified atom stereocenters. The number of carbonyl (C=O) groups is 1. The van der Waals surface area contributed by atoms with Gasteiger partial charge in [-0.1, -0.05) is 6.07 Å². The fourth-order valence-electron chi connectivity index (χ4n) is 2.37. The molecule has 0 aliphatic rings. The molecule has 2 aromatic rings. The fraction of sp³-hybridized carbons (Fsp3) is 0.444. The Kier molecular flexibility index (Phi) is 10.8. The normalized spacial score (nSPS) is 12.2. The Labute approximate surface area is 180 Å². The summed E-state index contributed by atoms with van der Waals surface area (Å²) >= 11 is 3.29. The molecule has 0 spiro atoms. The van der Waals surface area contributed by atoms with E-state index in [1.165, 1.54) is 21.1 Å². The molecule has 2 heterocycles. The molecule has 26 heavy (non-hydrogen) atoms. The van der Waals surface area contributed by atoms with E-state index in [0.29, 0.717) is 12.6 Å². The molecule has 1 amide bonds. The van der Waals surface area contributed by atoms with Crippen LogP contribution in [0.5, 0.6) is 0 Å². The summed E-state index contributed by atoms with van der Waals surface area (Å²) in [5, 5.41) is 11.5. The number of hydrogen-bond donors (Lipinski definition) is 3. The van der Waals surface area contributed by atoms with E-state index in [0.717, 1.165) is 30.2 Å². The van der Waals surface area contributed by atoms with Crippen molar-refractivity contribution in [3.8, 4) is 0 Å². The SMILES string of the molecule is CN=C(NCCCNC(=O)c1cccs1)NC(C)Cc1ccc(C)s1.I. The number of rotatable bonds is 8. The van der Waals surface area contributed by atoms with Crippen LogP contribution in [0.15, 0.2) is 34.6 Å². The highest BCUT2D eigenvalue weighted by molar-refractivity contribution is 14.0. The number of thiophene rings is 2. The van der Waals surface area contributed by atoms with Crippen LogP contribution in [0.4, 0.5) is 0 Å². The lowest BCUT2D eigenvalue weighted by atomic mass is 10.2. The lowest BCUT2D eigenvalue weighted by Crippen LogP contribution is -2.43. The summed E-state index contributed by atoms with van der Waals surface area (Å²) in [4.78, 5) is 19.6. The van der Waals surface area contributed by atoms with Crippen LogP contribution in [0.3, 0.4) is 0 Å². The summed E-state index contributed by atoms with van der Waals surface area (Å²) < 4.78 is 0. The highest BCUT2D eigenvalue weighted by atomic mass is 127. The quantitative estimate of drug-likeness (QED) is 0.222. The second-order valence-corrected chi connectivity index (χ2v) is 8.17. The highest BCUT2D eigenvalue weighted by Gasteiger charge is 2.08. The minimum Gasteiger partial charge on any atom is -0.356 e. The molecule has 0 aliphatic heterocycles. The van der Waals surface area contributed by atoms with Gasteiger partial charge in [-0.2, -0.15) is 0 Å². The molecule has 0 aliphatic carbocycles. The van der Waals surface area contributed by atoms with Gasteiger partial charge in [-0.15, -0.1) is 46.7 Å². The van der Waals surface area contributed by atoms with Crippen molar-refractivity contribution < 1.29 is 4.79 Å². The number of aliphatic imine (C=N–C) groups is 1. The number of carbonyl (C=O) groups excluding carboxylic acids is 1. The van der Waals surface area contributed by atoms with Crippen LogP contribution in [0.2, 0.25) is 0 Å². The molecule has 0 saturated carbocycles. The van der Waals surface area contributed by atoms with Gasteiger partial charge in [0, 0.05) is 42.4 Å². The average Bonchev–Trinajstić information content (AvgIpc) is 3.25. The summed E-state index contributed by atoms with van der Waals surface area (Å²) in [6, 6.07) is 8.37. The van der Waals surface area contributed by atoms with E-state index in [9.17, 15) is 4.79 Å². The summed E-state index contributed by atoms with van der Waals surface area (Å²) in [7, 11) is 1.77. The van der Waals surface area contributed by atoms with Crippen molar-refractivity contribution in [2.24, 2.45) is 4.99 Å². The van der Waals surface area contributed by atoms with Crippen LogP contribution in [0.25, 0.3) is 0 Å². The van der Waals surface area contributed by atoms with E-state index in [4.69, 9.17) is 0 Å². The standard InChI is InChI=1S/C18H26N4OS2.HI/c1-13(12-15-8-7-14(2)25-15)22-18(19-3)21-10-5-9-20-17(23)16-6-4-11-24-16;/h4,6-8,11,13H,5,9-10,12H2,1-3H3,(H,20,23)(H2,19,21,22);1H. The van der Waals surface area contributed by atoms with Crippen LogP contribution in [0, 0.1) is 6.92 Å². The first kappa shape index (κ1) is 22.9. The van der Waals surface area contributed by atoms with Crippen LogP contribution < -0.4 is 16.0 Å². The number of amides is 1. The van der Waals surface area contributed by atoms with Gasteiger partial charge in [0.15, 0.2) is 5.96 Å². The van der Waals surface area contributed by atoms with Gasteiger partial charge < -0.3 is 16.0 Å². The zero-order chi connectivity index (χ0) is 18.1. The van der Waals surface area contributed by atoms with Crippen molar-refractivity contribution in [3.63, 3.8) is 0 Å². The highest BCUT2D eigenvalue weighted by Crippen LogP contribution is 2.16. The smallest absolute Gasteiger partial charge is 0.261 e. The van der Waals surface area contributed by atoms with E-state index >= 15 is 0 Å². The van der Waals surface area contributed by atoms with Gasteiger partial charge in [0.1, 0.15) is 0 Å². The Morgan fingerprint density at radius 2 is 2.00 bits per heavy atom. The zero-order valence-electron chi connectivity index (χ0n) is 15.4. The van der Waals surface area contributed by atoms with Crippen molar-refractivity contribution in [2.45, 2.75) is 32.7 Å². The second-order valence-electron chi connectivity index (χ2n) is 5.85. The first-order chi connectivity index (χ1) is 12.1. The first-order valence-electron chi connectivity index (χ1n) is 8.42. The monoisotopic (exact) mass is 506 g/mol. The van der Waals surface area contributed by atoms with Gasteiger partial charge in [-0.3, -0.25) is 9.79 Å². The Bertz CT molecular complexity index is 685. The van der Waals surface area contributed by atoms with Gasteiger partial charge in [0.2, 0.25) is 0 Å².